The average molecular weight is 320 g/mol. The molecule has 22 heavy (non-hydrogen) atoms. The maximum absolute atomic E-state index is 12.4. The fourth-order valence-electron chi connectivity index (χ4n) is 1.97. The number of aromatic carboxylic acids is 1. The first-order valence-corrected chi connectivity index (χ1v) is 7.83. The molecular formula is C15H14NO5S-. The monoisotopic (exact) mass is 320 g/mol. The first-order chi connectivity index (χ1) is 10.2. The lowest BCUT2D eigenvalue weighted by atomic mass is 10.2. The smallest absolute Gasteiger partial charge is 0.335 e. The van der Waals surface area contributed by atoms with Crippen molar-refractivity contribution in [2.45, 2.75) is 18.7 Å². The Balaban J connectivity index is 2.43. The van der Waals surface area contributed by atoms with Crippen LogP contribution in [0.4, 0.5) is 5.69 Å². The Morgan fingerprint density at radius 1 is 1.14 bits per heavy atom. The number of hydrogen-bond acceptors (Lipinski definition) is 4. The number of rotatable bonds is 4. The minimum absolute atomic E-state index is 0.0258. The molecule has 0 atom stereocenters. The zero-order chi connectivity index (χ0) is 16.5. The van der Waals surface area contributed by atoms with E-state index in [9.17, 15) is 18.3 Å². The molecule has 0 fully saturated rings. The van der Waals surface area contributed by atoms with Gasteiger partial charge in [-0.3, -0.25) is 4.72 Å². The van der Waals surface area contributed by atoms with Gasteiger partial charge >= 0.3 is 5.97 Å². The van der Waals surface area contributed by atoms with Crippen molar-refractivity contribution in [3.63, 3.8) is 0 Å². The quantitative estimate of drug-likeness (QED) is 0.894. The van der Waals surface area contributed by atoms with Crippen LogP contribution in [-0.2, 0) is 10.0 Å². The van der Waals surface area contributed by atoms with Crippen molar-refractivity contribution in [2.75, 3.05) is 4.72 Å². The van der Waals surface area contributed by atoms with Gasteiger partial charge in [0.05, 0.1) is 10.5 Å². The molecule has 6 nitrogen and oxygen atoms in total. The number of aryl methyl sites for hydroxylation is 2. The van der Waals surface area contributed by atoms with Gasteiger partial charge in [-0.05, 0) is 43.2 Å². The second kappa shape index (κ2) is 5.69. The second-order valence-electron chi connectivity index (χ2n) is 4.89. The van der Waals surface area contributed by atoms with E-state index in [0.29, 0.717) is 5.56 Å². The summed E-state index contributed by atoms with van der Waals surface area (Å²) in [6, 6.07) is 8.27. The third-order valence-electron chi connectivity index (χ3n) is 3.10. The lowest BCUT2D eigenvalue weighted by Crippen LogP contribution is -2.15. The highest BCUT2D eigenvalue weighted by atomic mass is 32.2. The maximum atomic E-state index is 12.4. The van der Waals surface area contributed by atoms with Crippen LogP contribution in [0.2, 0.25) is 0 Å². The van der Waals surface area contributed by atoms with Crippen LogP contribution in [0.25, 0.3) is 0 Å². The molecule has 2 N–H and O–H groups in total. The van der Waals surface area contributed by atoms with Crippen LogP contribution in [0.3, 0.4) is 0 Å². The molecule has 0 aliphatic carbocycles. The van der Waals surface area contributed by atoms with Crippen LogP contribution in [0, 0.1) is 13.8 Å². The fraction of sp³-hybridized carbons (Fsp3) is 0.133. The largest absolute Gasteiger partial charge is 0.872 e. The van der Waals surface area contributed by atoms with E-state index in [1.54, 1.807) is 26.0 Å². The van der Waals surface area contributed by atoms with Gasteiger partial charge < -0.3 is 10.2 Å². The summed E-state index contributed by atoms with van der Waals surface area (Å²) in [5, 5.41) is 20.3. The van der Waals surface area contributed by atoms with Crippen molar-refractivity contribution in [3.05, 3.63) is 53.1 Å². The van der Waals surface area contributed by atoms with Crippen LogP contribution >= 0.6 is 0 Å². The molecule has 0 aliphatic rings. The van der Waals surface area contributed by atoms with Crippen LogP contribution in [0.1, 0.15) is 21.5 Å². The number of carboxylic acids is 1. The van der Waals surface area contributed by atoms with Gasteiger partial charge in [-0.25, -0.2) is 13.2 Å². The summed E-state index contributed by atoms with van der Waals surface area (Å²) in [6.07, 6.45) is 0. The van der Waals surface area contributed by atoms with E-state index >= 15 is 0 Å². The lowest BCUT2D eigenvalue weighted by molar-refractivity contribution is -0.268. The Morgan fingerprint density at radius 3 is 2.45 bits per heavy atom. The van der Waals surface area contributed by atoms with Gasteiger partial charge in [-0.2, -0.15) is 0 Å². The van der Waals surface area contributed by atoms with Crippen LogP contribution in [-0.4, -0.2) is 19.5 Å². The van der Waals surface area contributed by atoms with Crippen LogP contribution in [0.5, 0.6) is 5.75 Å². The van der Waals surface area contributed by atoms with Gasteiger partial charge in [-0.1, -0.05) is 23.9 Å². The minimum atomic E-state index is -3.87. The molecule has 0 amide bonds. The zero-order valence-corrected chi connectivity index (χ0v) is 12.8. The Hall–Kier alpha value is -2.54. The molecule has 0 spiro atoms. The Labute approximate surface area is 128 Å². The molecule has 116 valence electrons. The van der Waals surface area contributed by atoms with Gasteiger partial charge in [-0.15, -0.1) is 0 Å². The Kier molecular flexibility index (Phi) is 4.09. The molecule has 0 aliphatic heterocycles. The summed E-state index contributed by atoms with van der Waals surface area (Å²) in [5.41, 5.74) is 0.892. The highest BCUT2D eigenvalue weighted by Gasteiger charge is 2.18. The second-order valence-corrected chi connectivity index (χ2v) is 6.54. The summed E-state index contributed by atoms with van der Waals surface area (Å²) in [7, 11) is -3.87. The molecule has 7 heteroatoms. The van der Waals surface area contributed by atoms with E-state index in [2.05, 4.69) is 4.72 Å². The molecule has 0 heterocycles. The first-order valence-electron chi connectivity index (χ1n) is 6.35. The van der Waals surface area contributed by atoms with Crippen molar-refractivity contribution in [3.8, 4) is 5.75 Å². The maximum Gasteiger partial charge on any atom is 0.335 e. The van der Waals surface area contributed by atoms with E-state index in [4.69, 9.17) is 5.11 Å². The highest BCUT2D eigenvalue weighted by molar-refractivity contribution is 7.92. The van der Waals surface area contributed by atoms with Crippen LogP contribution < -0.4 is 9.83 Å². The number of nitrogens with one attached hydrogen (secondary N) is 1. The summed E-state index contributed by atoms with van der Waals surface area (Å²) >= 11 is 0. The Morgan fingerprint density at radius 2 is 1.82 bits per heavy atom. The van der Waals surface area contributed by atoms with Gasteiger partial charge in [0.25, 0.3) is 10.0 Å². The summed E-state index contributed by atoms with van der Waals surface area (Å²) in [6.45, 7) is 3.44. The molecule has 0 saturated carbocycles. The summed E-state index contributed by atoms with van der Waals surface area (Å²) in [5.74, 6) is -2.08. The van der Waals surface area contributed by atoms with E-state index in [0.717, 1.165) is 17.7 Å². The van der Waals surface area contributed by atoms with Crippen molar-refractivity contribution >= 4 is 21.7 Å². The zero-order valence-electron chi connectivity index (χ0n) is 12.0. The number of hydrogen-bond donors (Lipinski definition) is 2. The lowest BCUT2D eigenvalue weighted by Gasteiger charge is -2.14. The number of benzene rings is 2. The van der Waals surface area contributed by atoms with Crippen molar-refractivity contribution in [2.24, 2.45) is 0 Å². The number of carboxylic acid groups (broad SMARTS) is 1. The molecular weight excluding hydrogens is 306 g/mol. The minimum Gasteiger partial charge on any atom is -0.872 e. The van der Waals surface area contributed by atoms with Crippen molar-refractivity contribution < 1.29 is 23.4 Å². The van der Waals surface area contributed by atoms with Gasteiger partial charge in [0, 0.05) is 5.69 Å². The van der Waals surface area contributed by atoms with E-state index in [1.165, 1.54) is 12.1 Å². The molecule has 0 bridgehead atoms. The molecule has 2 aromatic rings. The number of sulfonamides is 1. The fourth-order valence-corrected chi connectivity index (χ4v) is 3.35. The van der Waals surface area contributed by atoms with E-state index < -0.39 is 27.3 Å². The predicted molar refractivity (Wildman–Crippen MR) is 79.6 cm³/mol. The van der Waals surface area contributed by atoms with Crippen LogP contribution in [0.15, 0.2) is 41.3 Å². The van der Waals surface area contributed by atoms with Crippen molar-refractivity contribution in [1.82, 2.24) is 0 Å². The third-order valence-corrected chi connectivity index (χ3v) is 4.62. The molecule has 0 saturated heterocycles. The normalized spacial score (nSPS) is 11.2. The standard InChI is InChI=1S/C15H15NO5S/c1-9-3-4-10(2)14(7-9)22(20,21)16-11-5-6-13(17)12(8-11)15(18)19/h3-8,16-17H,1-2H3,(H,18,19)/p-1. The van der Waals surface area contributed by atoms with E-state index in [1.807, 2.05) is 0 Å². The first kappa shape index (κ1) is 15.8. The molecule has 0 aromatic heterocycles. The Bertz CT molecular complexity index is 843. The predicted octanol–water partition coefficient (Wildman–Crippen LogP) is 1.88. The molecule has 0 radical (unpaired) electrons. The molecule has 0 unspecified atom stereocenters. The van der Waals surface area contributed by atoms with Gasteiger partial charge in [0.2, 0.25) is 0 Å². The highest BCUT2D eigenvalue weighted by Crippen LogP contribution is 2.24. The van der Waals surface area contributed by atoms with Gasteiger partial charge in [0.1, 0.15) is 0 Å². The van der Waals surface area contributed by atoms with E-state index in [-0.39, 0.29) is 10.6 Å². The summed E-state index contributed by atoms with van der Waals surface area (Å²) < 4.78 is 27.1. The SMILES string of the molecule is Cc1ccc(C)c(S(=O)(=O)Nc2ccc([O-])c(C(=O)O)c2)c1. The molecule has 2 rings (SSSR count). The average Bonchev–Trinajstić information content (AvgIpc) is 2.43. The number of anilines is 1. The topological polar surface area (TPSA) is 107 Å². The van der Waals surface area contributed by atoms with Gasteiger partial charge in [0.15, 0.2) is 0 Å². The van der Waals surface area contributed by atoms with Crippen molar-refractivity contribution in [1.29, 1.82) is 0 Å². The third kappa shape index (κ3) is 3.20. The summed E-state index contributed by atoms with van der Waals surface area (Å²) in [4.78, 5) is 11.0. The molecule has 2 aromatic carbocycles. The number of carbonyl (C=O) groups is 1.